The number of aryl methyl sites for hydroxylation is 1. The number of hydrogen-bond acceptors (Lipinski definition) is 2. The van der Waals surface area contributed by atoms with Gasteiger partial charge in [-0.3, -0.25) is 4.79 Å². The van der Waals surface area contributed by atoms with Crippen molar-refractivity contribution in [1.29, 1.82) is 0 Å². The normalized spacial score (nSPS) is 23.3. The van der Waals surface area contributed by atoms with Crippen molar-refractivity contribution in [1.82, 2.24) is 9.47 Å². The van der Waals surface area contributed by atoms with Crippen LogP contribution in [0.5, 0.6) is 0 Å². The van der Waals surface area contributed by atoms with E-state index < -0.39 is 5.60 Å². The lowest BCUT2D eigenvalue weighted by Gasteiger charge is -2.22. The summed E-state index contributed by atoms with van der Waals surface area (Å²) in [5, 5.41) is 11.2. The monoisotopic (exact) mass is 286 g/mol. The number of aromatic nitrogens is 1. The molecule has 0 aliphatic carbocycles. The molecule has 1 atom stereocenters. The summed E-state index contributed by atoms with van der Waals surface area (Å²) in [7, 11) is 1.96. The van der Waals surface area contributed by atoms with E-state index >= 15 is 0 Å². The van der Waals surface area contributed by atoms with Gasteiger partial charge in [0.2, 0.25) is 0 Å². The zero-order chi connectivity index (χ0) is 15.0. The van der Waals surface area contributed by atoms with Gasteiger partial charge >= 0.3 is 0 Å². The fraction of sp³-hybridized carbons (Fsp3) is 0.471. The standard InChI is InChI=1S/C17H22N2O2/c1-17(21)8-5-10-19(11-9-17)16(20)14-12-18(2)15-7-4-3-6-13(14)15/h3-4,6-7,12,21H,5,8-11H2,1-2H3. The number of nitrogens with zero attached hydrogens (tertiary/aromatic N) is 2. The molecule has 2 heterocycles. The predicted octanol–water partition coefficient (Wildman–Crippen LogP) is 2.56. The Hall–Kier alpha value is -1.81. The number of carbonyl (C=O) groups excluding carboxylic acids is 1. The Balaban J connectivity index is 1.90. The molecule has 2 aromatic rings. The van der Waals surface area contributed by atoms with Crippen LogP contribution >= 0.6 is 0 Å². The van der Waals surface area contributed by atoms with Crippen LogP contribution in [0.1, 0.15) is 36.5 Å². The maximum atomic E-state index is 12.8. The molecular formula is C17H22N2O2. The number of carbonyl (C=O) groups is 1. The summed E-state index contributed by atoms with van der Waals surface area (Å²) in [5.41, 5.74) is 1.19. The third kappa shape index (κ3) is 2.68. The summed E-state index contributed by atoms with van der Waals surface area (Å²) in [6.07, 6.45) is 4.16. The lowest BCUT2D eigenvalue weighted by Crippen LogP contribution is -2.33. The second-order valence-corrected chi connectivity index (χ2v) is 6.31. The van der Waals surface area contributed by atoms with E-state index in [2.05, 4.69) is 0 Å². The molecule has 1 fully saturated rings. The molecule has 1 unspecified atom stereocenters. The second kappa shape index (κ2) is 5.19. The SMILES string of the molecule is Cn1cc(C(=O)N2CCCC(C)(O)CC2)c2ccccc21. The Labute approximate surface area is 125 Å². The fourth-order valence-electron chi connectivity index (χ4n) is 3.15. The molecule has 0 bridgehead atoms. The number of benzene rings is 1. The minimum absolute atomic E-state index is 0.0736. The summed E-state index contributed by atoms with van der Waals surface area (Å²) in [5.74, 6) is 0.0736. The Bertz CT molecular complexity index is 672. The maximum Gasteiger partial charge on any atom is 0.256 e. The van der Waals surface area contributed by atoms with Crippen LogP contribution < -0.4 is 0 Å². The molecule has 1 aliphatic rings. The van der Waals surface area contributed by atoms with Crippen molar-refractivity contribution in [3.05, 3.63) is 36.0 Å². The summed E-state index contributed by atoms with van der Waals surface area (Å²) in [6, 6.07) is 7.97. The van der Waals surface area contributed by atoms with Crippen molar-refractivity contribution in [2.24, 2.45) is 7.05 Å². The summed E-state index contributed by atoms with van der Waals surface area (Å²) in [4.78, 5) is 14.7. The van der Waals surface area contributed by atoms with E-state index in [9.17, 15) is 9.90 Å². The van der Waals surface area contributed by atoms with Gasteiger partial charge < -0.3 is 14.6 Å². The van der Waals surface area contributed by atoms with Gasteiger partial charge in [-0.1, -0.05) is 18.2 Å². The zero-order valence-electron chi connectivity index (χ0n) is 12.7. The molecule has 112 valence electrons. The van der Waals surface area contributed by atoms with Crippen LogP contribution in [-0.2, 0) is 7.05 Å². The largest absolute Gasteiger partial charge is 0.390 e. The Kier molecular flexibility index (Phi) is 3.49. The molecule has 1 aromatic carbocycles. The van der Waals surface area contributed by atoms with Crippen LogP contribution in [-0.4, -0.2) is 39.2 Å². The van der Waals surface area contributed by atoms with Crippen molar-refractivity contribution in [3.8, 4) is 0 Å². The molecule has 1 aliphatic heterocycles. The Morgan fingerprint density at radius 2 is 2.00 bits per heavy atom. The first kappa shape index (κ1) is 14.1. The average Bonchev–Trinajstić information content (AvgIpc) is 2.68. The molecular weight excluding hydrogens is 264 g/mol. The molecule has 1 aromatic heterocycles. The van der Waals surface area contributed by atoms with Crippen molar-refractivity contribution < 1.29 is 9.90 Å². The van der Waals surface area contributed by atoms with E-state index in [4.69, 9.17) is 0 Å². The highest BCUT2D eigenvalue weighted by Gasteiger charge is 2.28. The molecule has 3 rings (SSSR count). The lowest BCUT2D eigenvalue weighted by atomic mass is 9.98. The quantitative estimate of drug-likeness (QED) is 0.875. The number of rotatable bonds is 1. The Morgan fingerprint density at radius 3 is 2.81 bits per heavy atom. The van der Waals surface area contributed by atoms with Crippen LogP contribution in [0.3, 0.4) is 0 Å². The number of aliphatic hydroxyl groups is 1. The first-order chi connectivity index (χ1) is 9.98. The van der Waals surface area contributed by atoms with Gasteiger partial charge in [0.05, 0.1) is 11.2 Å². The number of likely N-dealkylation sites (tertiary alicyclic amines) is 1. The van der Waals surface area contributed by atoms with Crippen molar-refractivity contribution in [3.63, 3.8) is 0 Å². The zero-order valence-corrected chi connectivity index (χ0v) is 12.7. The van der Waals surface area contributed by atoms with E-state index in [-0.39, 0.29) is 5.91 Å². The highest BCUT2D eigenvalue weighted by Crippen LogP contribution is 2.25. The van der Waals surface area contributed by atoms with E-state index in [1.165, 1.54) is 0 Å². The van der Waals surface area contributed by atoms with Gasteiger partial charge in [0.25, 0.3) is 5.91 Å². The first-order valence-corrected chi connectivity index (χ1v) is 7.54. The van der Waals surface area contributed by atoms with Gasteiger partial charge in [0, 0.05) is 37.2 Å². The minimum Gasteiger partial charge on any atom is -0.390 e. The van der Waals surface area contributed by atoms with Crippen LogP contribution in [0.4, 0.5) is 0 Å². The van der Waals surface area contributed by atoms with Crippen LogP contribution in [0, 0.1) is 0 Å². The fourth-order valence-corrected chi connectivity index (χ4v) is 3.15. The third-order valence-corrected chi connectivity index (χ3v) is 4.48. The van der Waals surface area contributed by atoms with E-state index in [0.29, 0.717) is 13.0 Å². The van der Waals surface area contributed by atoms with Gasteiger partial charge in [0.1, 0.15) is 0 Å². The van der Waals surface area contributed by atoms with Gasteiger partial charge in [0.15, 0.2) is 0 Å². The van der Waals surface area contributed by atoms with E-state index in [1.54, 1.807) is 0 Å². The summed E-state index contributed by atoms with van der Waals surface area (Å²) >= 11 is 0. The molecule has 1 saturated heterocycles. The highest BCUT2D eigenvalue weighted by atomic mass is 16.3. The van der Waals surface area contributed by atoms with Crippen molar-refractivity contribution >= 4 is 16.8 Å². The van der Waals surface area contributed by atoms with Crippen LogP contribution in [0.2, 0.25) is 0 Å². The van der Waals surface area contributed by atoms with Crippen LogP contribution in [0.15, 0.2) is 30.5 Å². The van der Waals surface area contributed by atoms with Crippen molar-refractivity contribution in [2.45, 2.75) is 31.8 Å². The van der Waals surface area contributed by atoms with E-state index in [0.717, 1.165) is 35.9 Å². The second-order valence-electron chi connectivity index (χ2n) is 6.31. The minimum atomic E-state index is -0.645. The van der Waals surface area contributed by atoms with Gasteiger partial charge in [-0.15, -0.1) is 0 Å². The molecule has 0 spiro atoms. The smallest absolute Gasteiger partial charge is 0.256 e. The molecule has 0 radical (unpaired) electrons. The van der Waals surface area contributed by atoms with Gasteiger partial charge in [-0.05, 0) is 32.3 Å². The number of amides is 1. The summed E-state index contributed by atoms with van der Waals surface area (Å²) < 4.78 is 2.00. The average molecular weight is 286 g/mol. The van der Waals surface area contributed by atoms with E-state index in [1.807, 2.05) is 53.9 Å². The Morgan fingerprint density at radius 1 is 1.24 bits per heavy atom. The maximum absolute atomic E-state index is 12.8. The topological polar surface area (TPSA) is 45.5 Å². The molecule has 4 nitrogen and oxygen atoms in total. The first-order valence-electron chi connectivity index (χ1n) is 7.54. The van der Waals surface area contributed by atoms with Gasteiger partial charge in [-0.25, -0.2) is 0 Å². The predicted molar refractivity (Wildman–Crippen MR) is 83.3 cm³/mol. The summed E-state index contributed by atoms with van der Waals surface area (Å²) in [6.45, 7) is 3.20. The lowest BCUT2D eigenvalue weighted by molar-refractivity contribution is 0.0438. The molecule has 4 heteroatoms. The van der Waals surface area contributed by atoms with Gasteiger partial charge in [-0.2, -0.15) is 0 Å². The molecule has 21 heavy (non-hydrogen) atoms. The van der Waals surface area contributed by atoms with Crippen LogP contribution in [0.25, 0.3) is 10.9 Å². The van der Waals surface area contributed by atoms with Crippen molar-refractivity contribution in [2.75, 3.05) is 13.1 Å². The number of hydrogen-bond donors (Lipinski definition) is 1. The molecule has 1 N–H and O–H groups in total. The molecule has 1 amide bonds. The highest BCUT2D eigenvalue weighted by molar-refractivity contribution is 6.07. The molecule has 0 saturated carbocycles. The number of fused-ring (bicyclic) bond motifs is 1. The number of para-hydroxylation sites is 1. The third-order valence-electron chi connectivity index (χ3n) is 4.48.